The summed E-state index contributed by atoms with van der Waals surface area (Å²) in [5.74, 6) is 0. The minimum absolute atomic E-state index is 0.829. The van der Waals surface area contributed by atoms with Gasteiger partial charge >= 0.3 is 7.82 Å². The Morgan fingerprint density at radius 1 is 1.08 bits per heavy atom. The second-order valence-electron chi connectivity index (χ2n) is 1.80. The molecule has 0 aliphatic carbocycles. The van der Waals surface area contributed by atoms with E-state index in [0.29, 0.717) is 0 Å². The number of hydrogen-bond acceptors (Lipinski definition) is 5. The van der Waals surface area contributed by atoms with Crippen molar-refractivity contribution in [1.29, 1.82) is 0 Å². The van der Waals surface area contributed by atoms with Gasteiger partial charge in [0.1, 0.15) is 12.7 Å². The third-order valence-electron chi connectivity index (χ3n) is 0.702. The molecule has 80 valence electrons. The van der Waals surface area contributed by atoms with E-state index in [1.54, 1.807) is 0 Å². The van der Waals surface area contributed by atoms with Crippen molar-refractivity contribution in [2.24, 2.45) is 0 Å². The van der Waals surface area contributed by atoms with Gasteiger partial charge in [-0.15, -0.1) is 0 Å². The van der Waals surface area contributed by atoms with Crippen molar-refractivity contribution in [3.63, 3.8) is 0 Å². The fourth-order valence-electron chi connectivity index (χ4n) is 0.311. The fraction of sp³-hybridized carbons (Fsp3) is 1.00. The molecule has 0 aromatic rings. The van der Waals surface area contributed by atoms with E-state index in [1.807, 2.05) is 0 Å². The molecule has 0 spiro atoms. The lowest BCUT2D eigenvalue weighted by molar-refractivity contribution is 0.181. The van der Waals surface area contributed by atoms with Gasteiger partial charge in [-0.25, -0.2) is 4.57 Å². The molecule has 0 aromatic heterocycles. The van der Waals surface area contributed by atoms with Crippen molar-refractivity contribution in [3.05, 3.63) is 0 Å². The molecule has 11 heteroatoms. The zero-order chi connectivity index (χ0) is 10.5. The van der Waals surface area contributed by atoms with Crippen LogP contribution in [0.5, 0.6) is 0 Å². The van der Waals surface area contributed by atoms with E-state index in [1.165, 1.54) is 0 Å². The molecule has 0 bridgehead atoms. The van der Waals surface area contributed by atoms with E-state index in [4.69, 9.17) is 14.7 Å². The first kappa shape index (κ1) is 13.5. The minimum atomic E-state index is -4.47. The molecule has 0 aliphatic rings. The topological polar surface area (TPSA) is 130 Å². The third kappa shape index (κ3) is 8.81. The quantitative estimate of drug-likeness (QED) is 0.563. The molecular weight excluding hydrogens is 245 g/mol. The molecule has 0 fully saturated rings. The van der Waals surface area contributed by atoms with Gasteiger partial charge in [0.15, 0.2) is 0 Å². The van der Waals surface area contributed by atoms with Crippen LogP contribution in [-0.2, 0) is 22.7 Å². The van der Waals surface area contributed by atoms with E-state index in [-0.39, 0.29) is 0 Å². The summed E-state index contributed by atoms with van der Waals surface area (Å²) in [6, 6.07) is 0. The van der Waals surface area contributed by atoms with Crippen LogP contribution < -0.4 is 0 Å². The first-order valence-corrected chi connectivity index (χ1v) is 7.51. The SMILES string of the molecule is O=[PH](O)COP(=O)(O)OC[PH](=O)O. The Bertz CT molecular complexity index is 226. The Balaban J connectivity index is 3.87. The van der Waals surface area contributed by atoms with E-state index in [2.05, 4.69) is 9.05 Å². The van der Waals surface area contributed by atoms with Crippen molar-refractivity contribution < 1.29 is 37.4 Å². The molecule has 0 heterocycles. The molecule has 0 amide bonds. The second-order valence-corrected chi connectivity index (χ2v) is 5.41. The first-order valence-electron chi connectivity index (χ1n) is 2.89. The monoisotopic (exact) mass is 254 g/mol. The van der Waals surface area contributed by atoms with Crippen molar-refractivity contribution in [3.8, 4) is 0 Å². The Hall–Kier alpha value is 0.490. The minimum Gasteiger partial charge on any atom is -0.345 e. The van der Waals surface area contributed by atoms with E-state index >= 15 is 0 Å². The van der Waals surface area contributed by atoms with Crippen LogP contribution in [0.1, 0.15) is 0 Å². The molecule has 3 N–H and O–H groups in total. The predicted octanol–water partition coefficient (Wildman–Crippen LogP) is -0.0310. The highest BCUT2D eigenvalue weighted by atomic mass is 31.2. The molecule has 8 nitrogen and oxygen atoms in total. The maximum absolute atomic E-state index is 10.7. The summed E-state index contributed by atoms with van der Waals surface area (Å²) in [5, 5.41) is 0. The van der Waals surface area contributed by atoms with Gasteiger partial charge in [-0.1, -0.05) is 0 Å². The van der Waals surface area contributed by atoms with E-state index in [0.717, 1.165) is 0 Å². The molecule has 13 heavy (non-hydrogen) atoms. The van der Waals surface area contributed by atoms with Crippen molar-refractivity contribution in [2.45, 2.75) is 0 Å². The zero-order valence-corrected chi connectivity index (χ0v) is 9.14. The van der Waals surface area contributed by atoms with Gasteiger partial charge in [0.2, 0.25) is 16.1 Å². The van der Waals surface area contributed by atoms with Crippen LogP contribution in [0.2, 0.25) is 0 Å². The van der Waals surface area contributed by atoms with E-state index in [9.17, 15) is 13.7 Å². The first-order chi connectivity index (χ1) is 5.83. The van der Waals surface area contributed by atoms with Crippen LogP contribution in [0.3, 0.4) is 0 Å². The predicted molar refractivity (Wildman–Crippen MR) is 44.2 cm³/mol. The van der Waals surface area contributed by atoms with Crippen LogP contribution in [0.4, 0.5) is 0 Å². The van der Waals surface area contributed by atoms with Crippen molar-refractivity contribution in [2.75, 3.05) is 12.7 Å². The second kappa shape index (κ2) is 6.06. The lowest BCUT2D eigenvalue weighted by Gasteiger charge is -2.09. The summed E-state index contributed by atoms with van der Waals surface area (Å²) in [7, 11) is -10.5. The Morgan fingerprint density at radius 2 is 1.38 bits per heavy atom. The number of phosphoric acid groups is 1. The number of phosphoric ester groups is 1. The Morgan fingerprint density at radius 3 is 1.62 bits per heavy atom. The number of rotatable bonds is 6. The standard InChI is InChI=1S/C2H9O8P3/c3-11(4)1-9-13(7,8)10-2-12(5)6/h11-12H,1-2H2,(H,3,4)(H,5,6)(H,7,8). The summed E-state index contributed by atoms with van der Waals surface area (Å²) in [4.78, 5) is 25.1. The van der Waals surface area contributed by atoms with Gasteiger partial charge in [0.05, 0.1) is 0 Å². The van der Waals surface area contributed by atoms with Gasteiger partial charge in [0.25, 0.3) is 0 Å². The summed E-state index contributed by atoms with van der Waals surface area (Å²) >= 11 is 0. The Kier molecular flexibility index (Phi) is 6.29. The fourth-order valence-corrected chi connectivity index (χ4v) is 2.57. The van der Waals surface area contributed by atoms with Crippen LogP contribution in [0, 0.1) is 0 Å². The van der Waals surface area contributed by atoms with Crippen molar-refractivity contribution >= 4 is 23.9 Å². The van der Waals surface area contributed by atoms with Gasteiger partial charge < -0.3 is 14.7 Å². The normalized spacial score (nSPS) is 20.5. The highest BCUT2D eigenvalue weighted by molar-refractivity contribution is 7.49. The molecule has 0 aliphatic heterocycles. The smallest absolute Gasteiger partial charge is 0.345 e. The summed E-state index contributed by atoms with van der Waals surface area (Å²) in [5.41, 5.74) is 0. The molecule has 0 saturated carbocycles. The third-order valence-corrected chi connectivity index (χ3v) is 2.88. The molecule has 0 aromatic carbocycles. The summed E-state index contributed by atoms with van der Waals surface area (Å²) in [6.07, 6.45) is -1.66. The molecule has 0 rings (SSSR count). The molecule has 2 unspecified atom stereocenters. The highest BCUT2D eigenvalue weighted by Crippen LogP contribution is 2.46. The maximum Gasteiger partial charge on any atom is 0.473 e. The number of hydrogen-bond donors (Lipinski definition) is 3. The van der Waals surface area contributed by atoms with Gasteiger partial charge in [-0.3, -0.25) is 18.2 Å². The maximum atomic E-state index is 10.7. The van der Waals surface area contributed by atoms with Gasteiger partial charge in [0, 0.05) is 0 Å². The average molecular weight is 254 g/mol. The van der Waals surface area contributed by atoms with Crippen LogP contribution in [0.15, 0.2) is 0 Å². The average Bonchev–Trinajstić information content (AvgIpc) is 1.98. The van der Waals surface area contributed by atoms with Crippen LogP contribution in [0.25, 0.3) is 0 Å². The van der Waals surface area contributed by atoms with Crippen LogP contribution >= 0.6 is 23.9 Å². The van der Waals surface area contributed by atoms with E-state index < -0.39 is 36.6 Å². The zero-order valence-electron chi connectivity index (χ0n) is 6.24. The lowest BCUT2D eigenvalue weighted by Crippen LogP contribution is -1.94. The Labute approximate surface area is 74.8 Å². The largest absolute Gasteiger partial charge is 0.473 e. The summed E-state index contributed by atoms with van der Waals surface area (Å²) in [6.45, 7) is 0. The molecule has 2 atom stereocenters. The summed E-state index contributed by atoms with van der Waals surface area (Å²) < 4.78 is 38.7. The van der Waals surface area contributed by atoms with Gasteiger partial charge in [-0.05, 0) is 0 Å². The van der Waals surface area contributed by atoms with Crippen molar-refractivity contribution in [1.82, 2.24) is 0 Å². The molecular formula is C2H9O8P3. The lowest BCUT2D eigenvalue weighted by atomic mass is 11.7. The molecule has 0 saturated heterocycles. The highest BCUT2D eigenvalue weighted by Gasteiger charge is 2.22. The van der Waals surface area contributed by atoms with Crippen LogP contribution in [-0.4, -0.2) is 27.4 Å². The van der Waals surface area contributed by atoms with Gasteiger partial charge in [-0.2, -0.15) is 0 Å². The molecule has 0 radical (unpaired) electrons.